The molecule has 0 atom stereocenters. The lowest BCUT2D eigenvalue weighted by atomic mass is 10.2. The third kappa shape index (κ3) is 2.18. The molecule has 0 spiro atoms. The van der Waals surface area contributed by atoms with Gasteiger partial charge in [0.15, 0.2) is 17.3 Å². The van der Waals surface area contributed by atoms with Crippen LogP contribution in [0.3, 0.4) is 0 Å². The maximum Gasteiger partial charge on any atom is 0.195 e. The first-order valence-electron chi connectivity index (χ1n) is 6.78. The van der Waals surface area contributed by atoms with E-state index in [2.05, 4.69) is 19.9 Å². The van der Waals surface area contributed by atoms with Crippen molar-refractivity contribution >= 4 is 16.9 Å². The van der Waals surface area contributed by atoms with Gasteiger partial charge in [0.1, 0.15) is 17.0 Å². The van der Waals surface area contributed by atoms with E-state index >= 15 is 0 Å². The van der Waals surface area contributed by atoms with Gasteiger partial charge in [-0.15, -0.1) is 0 Å². The Bertz CT molecular complexity index is 823. The molecule has 0 aromatic carbocycles. The largest absolute Gasteiger partial charge is 0.306 e. The number of aryl methyl sites for hydroxylation is 2. The number of fused-ring (bicyclic) bond motifs is 1. The van der Waals surface area contributed by atoms with Gasteiger partial charge < -0.3 is 4.57 Å². The standard InChI is InChI=1S/C15H15N5O/c1-4-20-14(9(2)21)19-13-12(11-5-7-16-8-6-11)17-10(3)18-15(13)20/h5-8H,4H2,1-3H3. The predicted molar refractivity (Wildman–Crippen MR) is 79.0 cm³/mol. The van der Waals surface area contributed by atoms with Crippen LogP contribution in [-0.2, 0) is 6.54 Å². The molecule has 3 aromatic rings. The van der Waals surface area contributed by atoms with Gasteiger partial charge in [0.05, 0.1) is 0 Å². The monoisotopic (exact) mass is 281 g/mol. The van der Waals surface area contributed by atoms with Gasteiger partial charge in [-0.05, 0) is 26.0 Å². The van der Waals surface area contributed by atoms with Crippen LogP contribution in [0.25, 0.3) is 22.4 Å². The van der Waals surface area contributed by atoms with E-state index in [1.54, 1.807) is 12.4 Å². The molecule has 0 fully saturated rings. The first-order valence-corrected chi connectivity index (χ1v) is 6.78. The predicted octanol–water partition coefficient (Wildman–Crippen LogP) is 2.42. The minimum absolute atomic E-state index is 0.0758. The first-order chi connectivity index (χ1) is 10.1. The van der Waals surface area contributed by atoms with Gasteiger partial charge in [-0.3, -0.25) is 9.78 Å². The Morgan fingerprint density at radius 3 is 2.52 bits per heavy atom. The summed E-state index contributed by atoms with van der Waals surface area (Å²) in [5.41, 5.74) is 2.99. The van der Waals surface area contributed by atoms with Crippen LogP contribution in [0.15, 0.2) is 24.5 Å². The van der Waals surface area contributed by atoms with Crippen molar-refractivity contribution in [3.05, 3.63) is 36.2 Å². The second-order valence-electron chi connectivity index (χ2n) is 4.76. The van der Waals surface area contributed by atoms with E-state index < -0.39 is 0 Å². The molecule has 0 aliphatic carbocycles. The summed E-state index contributed by atoms with van der Waals surface area (Å²) in [5.74, 6) is 0.995. The number of hydrogen-bond donors (Lipinski definition) is 0. The van der Waals surface area contributed by atoms with E-state index in [1.807, 2.05) is 30.5 Å². The summed E-state index contributed by atoms with van der Waals surface area (Å²) >= 11 is 0. The molecule has 0 aliphatic rings. The van der Waals surface area contributed by atoms with Crippen LogP contribution < -0.4 is 0 Å². The van der Waals surface area contributed by atoms with Gasteiger partial charge in [-0.1, -0.05) is 0 Å². The molecule has 0 amide bonds. The van der Waals surface area contributed by atoms with Gasteiger partial charge in [0.2, 0.25) is 0 Å². The van der Waals surface area contributed by atoms with Crippen LogP contribution in [0.5, 0.6) is 0 Å². The number of imidazole rings is 1. The number of nitrogens with zero attached hydrogens (tertiary/aromatic N) is 5. The Labute approximate surface area is 121 Å². The van der Waals surface area contributed by atoms with E-state index in [-0.39, 0.29) is 5.78 Å². The molecule has 3 aromatic heterocycles. The summed E-state index contributed by atoms with van der Waals surface area (Å²) < 4.78 is 1.83. The molecule has 0 saturated carbocycles. The first kappa shape index (κ1) is 13.4. The fraction of sp³-hybridized carbons (Fsp3) is 0.267. The van der Waals surface area contributed by atoms with Crippen molar-refractivity contribution in [2.24, 2.45) is 0 Å². The Balaban J connectivity index is 2.39. The highest BCUT2D eigenvalue weighted by molar-refractivity contribution is 5.97. The summed E-state index contributed by atoms with van der Waals surface area (Å²) in [6.07, 6.45) is 3.42. The van der Waals surface area contributed by atoms with Crippen LogP contribution in [-0.4, -0.2) is 30.3 Å². The van der Waals surface area contributed by atoms with E-state index in [0.29, 0.717) is 29.4 Å². The second-order valence-corrected chi connectivity index (χ2v) is 4.76. The summed E-state index contributed by atoms with van der Waals surface area (Å²) in [5, 5.41) is 0. The lowest BCUT2D eigenvalue weighted by molar-refractivity contribution is 0.1000. The number of carbonyl (C=O) groups excluding carboxylic acids is 1. The highest BCUT2D eigenvalue weighted by Gasteiger charge is 2.19. The lowest BCUT2D eigenvalue weighted by Crippen LogP contribution is -2.07. The number of Topliss-reactive ketones (excluding diaryl/α,β-unsaturated/α-hetero) is 1. The van der Waals surface area contributed by atoms with Crippen molar-refractivity contribution in [1.29, 1.82) is 0 Å². The zero-order chi connectivity index (χ0) is 15.0. The topological polar surface area (TPSA) is 73.6 Å². The van der Waals surface area contributed by atoms with Crippen molar-refractivity contribution < 1.29 is 4.79 Å². The van der Waals surface area contributed by atoms with Gasteiger partial charge >= 0.3 is 0 Å². The molecule has 0 bridgehead atoms. The van der Waals surface area contributed by atoms with E-state index in [1.165, 1.54) is 6.92 Å². The number of aromatic nitrogens is 5. The summed E-state index contributed by atoms with van der Waals surface area (Å²) in [7, 11) is 0. The summed E-state index contributed by atoms with van der Waals surface area (Å²) in [4.78, 5) is 29.2. The van der Waals surface area contributed by atoms with Crippen molar-refractivity contribution in [2.45, 2.75) is 27.3 Å². The molecule has 0 radical (unpaired) electrons. The number of rotatable bonds is 3. The molecule has 6 nitrogen and oxygen atoms in total. The fourth-order valence-electron chi connectivity index (χ4n) is 2.39. The van der Waals surface area contributed by atoms with E-state index in [4.69, 9.17) is 0 Å². The average Bonchev–Trinajstić information content (AvgIpc) is 2.85. The van der Waals surface area contributed by atoms with Crippen LogP contribution in [0.1, 0.15) is 30.3 Å². The van der Waals surface area contributed by atoms with Gasteiger partial charge in [-0.2, -0.15) is 0 Å². The Kier molecular flexibility index (Phi) is 3.21. The van der Waals surface area contributed by atoms with Crippen LogP contribution >= 0.6 is 0 Å². The van der Waals surface area contributed by atoms with Crippen LogP contribution in [0, 0.1) is 6.92 Å². The molecule has 0 unspecified atom stereocenters. The van der Waals surface area contributed by atoms with Gasteiger partial charge in [-0.25, -0.2) is 15.0 Å². The molecule has 0 aliphatic heterocycles. The smallest absolute Gasteiger partial charge is 0.195 e. The second kappa shape index (κ2) is 5.05. The maximum atomic E-state index is 11.8. The van der Waals surface area contributed by atoms with Crippen LogP contribution in [0.4, 0.5) is 0 Å². The van der Waals surface area contributed by atoms with Crippen molar-refractivity contribution in [2.75, 3.05) is 0 Å². The van der Waals surface area contributed by atoms with Crippen molar-refractivity contribution in [3.63, 3.8) is 0 Å². The average molecular weight is 281 g/mol. The molecular formula is C15H15N5O. The summed E-state index contributed by atoms with van der Waals surface area (Å²) in [6, 6.07) is 3.75. The molecule has 6 heteroatoms. The highest BCUT2D eigenvalue weighted by Crippen LogP contribution is 2.26. The molecule has 0 N–H and O–H groups in total. The minimum atomic E-state index is -0.0758. The third-order valence-electron chi connectivity index (χ3n) is 3.29. The fourth-order valence-corrected chi connectivity index (χ4v) is 2.39. The molecule has 0 saturated heterocycles. The van der Waals surface area contributed by atoms with E-state index in [9.17, 15) is 4.79 Å². The SMILES string of the molecule is CCn1c(C(C)=O)nc2c(-c3ccncc3)nc(C)nc21. The number of pyridine rings is 1. The maximum absolute atomic E-state index is 11.8. The molecule has 3 rings (SSSR count). The minimum Gasteiger partial charge on any atom is -0.306 e. The third-order valence-corrected chi connectivity index (χ3v) is 3.29. The molecule has 21 heavy (non-hydrogen) atoms. The zero-order valence-electron chi connectivity index (χ0n) is 12.2. The number of hydrogen-bond acceptors (Lipinski definition) is 5. The molecule has 3 heterocycles. The normalized spacial score (nSPS) is 11.0. The Morgan fingerprint density at radius 2 is 1.90 bits per heavy atom. The zero-order valence-corrected chi connectivity index (χ0v) is 12.2. The van der Waals surface area contributed by atoms with Gasteiger partial charge in [0.25, 0.3) is 0 Å². The highest BCUT2D eigenvalue weighted by atomic mass is 16.1. The quantitative estimate of drug-likeness (QED) is 0.689. The van der Waals surface area contributed by atoms with Gasteiger partial charge in [0, 0.05) is 31.4 Å². The molecular weight excluding hydrogens is 266 g/mol. The van der Waals surface area contributed by atoms with Crippen molar-refractivity contribution in [3.8, 4) is 11.3 Å². The van der Waals surface area contributed by atoms with E-state index in [0.717, 1.165) is 11.3 Å². The molecule has 106 valence electrons. The summed E-state index contributed by atoms with van der Waals surface area (Å²) in [6.45, 7) is 5.96. The lowest BCUT2D eigenvalue weighted by Gasteiger charge is -2.05. The van der Waals surface area contributed by atoms with Crippen molar-refractivity contribution in [1.82, 2.24) is 24.5 Å². The Hall–Kier alpha value is -2.63. The number of carbonyl (C=O) groups is 1. The van der Waals surface area contributed by atoms with Crippen LogP contribution in [0.2, 0.25) is 0 Å². The Morgan fingerprint density at radius 1 is 1.19 bits per heavy atom. The number of ketones is 1.